The van der Waals surface area contributed by atoms with E-state index in [-0.39, 0.29) is 23.5 Å². The summed E-state index contributed by atoms with van der Waals surface area (Å²) < 4.78 is 13.8. The number of likely N-dealkylation sites (tertiary alicyclic amines) is 1. The van der Waals surface area contributed by atoms with E-state index in [1.54, 1.807) is 0 Å². The van der Waals surface area contributed by atoms with Gasteiger partial charge in [-0.05, 0) is 84.4 Å². The van der Waals surface area contributed by atoms with Gasteiger partial charge in [-0.15, -0.1) is 0 Å². The zero-order chi connectivity index (χ0) is 19.4. The third kappa shape index (κ3) is 5.26. The summed E-state index contributed by atoms with van der Waals surface area (Å²) in [4.78, 5) is 26.0. The Morgan fingerprint density at radius 1 is 1.19 bits per heavy atom. The van der Waals surface area contributed by atoms with Crippen molar-refractivity contribution >= 4 is 40.1 Å². The second-order valence-corrected chi connectivity index (χ2v) is 7.89. The second kappa shape index (κ2) is 8.79. The number of amides is 2. The number of nitrogens with zero attached hydrogens (tertiary/aromatic N) is 1. The number of hydrogen-bond donors (Lipinski definition) is 2. The van der Waals surface area contributed by atoms with Crippen molar-refractivity contribution in [3.8, 4) is 0 Å². The number of rotatable bonds is 5. The number of hydrogen-bond acceptors (Lipinski definition) is 3. The lowest BCUT2D eigenvalue weighted by Crippen LogP contribution is -2.38. The highest BCUT2D eigenvalue weighted by molar-refractivity contribution is 14.1. The van der Waals surface area contributed by atoms with Crippen LogP contribution in [-0.2, 0) is 11.3 Å². The molecule has 142 valence electrons. The molecular weight excluding hydrogens is 460 g/mol. The molecule has 0 atom stereocenters. The zero-order valence-corrected chi connectivity index (χ0v) is 16.9. The molecule has 0 saturated carbocycles. The molecule has 3 rings (SSSR count). The van der Waals surface area contributed by atoms with E-state index in [4.69, 9.17) is 5.73 Å². The third-order valence-corrected chi connectivity index (χ3v) is 5.65. The predicted molar refractivity (Wildman–Crippen MR) is 111 cm³/mol. The molecule has 0 radical (unpaired) electrons. The molecular formula is C20H21FIN3O2. The van der Waals surface area contributed by atoms with Crippen molar-refractivity contribution in [1.29, 1.82) is 0 Å². The maximum atomic E-state index is 13.2. The maximum Gasteiger partial charge on any atom is 0.256 e. The van der Waals surface area contributed by atoms with Crippen molar-refractivity contribution in [2.45, 2.75) is 19.4 Å². The van der Waals surface area contributed by atoms with E-state index in [1.807, 2.05) is 46.9 Å². The van der Waals surface area contributed by atoms with Gasteiger partial charge in [0.05, 0.1) is 5.56 Å². The van der Waals surface area contributed by atoms with Gasteiger partial charge in [0.15, 0.2) is 0 Å². The first-order valence-electron chi connectivity index (χ1n) is 8.79. The Kier molecular flexibility index (Phi) is 6.43. The molecule has 2 aromatic carbocycles. The van der Waals surface area contributed by atoms with Crippen LogP contribution in [0.25, 0.3) is 0 Å². The van der Waals surface area contributed by atoms with Crippen molar-refractivity contribution in [1.82, 2.24) is 4.90 Å². The van der Waals surface area contributed by atoms with Gasteiger partial charge < -0.3 is 11.1 Å². The van der Waals surface area contributed by atoms with Crippen LogP contribution >= 0.6 is 22.6 Å². The number of carbonyl (C=O) groups is 2. The van der Waals surface area contributed by atoms with Crippen LogP contribution in [0.3, 0.4) is 0 Å². The number of primary amides is 1. The number of piperidine rings is 1. The monoisotopic (exact) mass is 481 g/mol. The minimum Gasteiger partial charge on any atom is -0.369 e. The van der Waals surface area contributed by atoms with Crippen LogP contribution in [0.2, 0.25) is 0 Å². The Morgan fingerprint density at radius 3 is 2.59 bits per heavy atom. The molecule has 1 aliphatic heterocycles. The molecule has 1 fully saturated rings. The van der Waals surface area contributed by atoms with Crippen LogP contribution < -0.4 is 11.1 Å². The number of anilines is 1. The Bertz CT molecular complexity index is 851. The lowest BCUT2D eigenvalue weighted by atomic mass is 9.96. The molecule has 0 aromatic heterocycles. The van der Waals surface area contributed by atoms with Gasteiger partial charge in [0.1, 0.15) is 5.82 Å². The highest BCUT2D eigenvalue weighted by atomic mass is 127. The smallest absolute Gasteiger partial charge is 0.256 e. The lowest BCUT2D eigenvalue weighted by molar-refractivity contribution is -0.123. The maximum absolute atomic E-state index is 13.2. The van der Waals surface area contributed by atoms with Gasteiger partial charge >= 0.3 is 0 Å². The molecule has 2 amide bonds. The summed E-state index contributed by atoms with van der Waals surface area (Å²) in [5, 5.41) is 2.87. The summed E-state index contributed by atoms with van der Waals surface area (Å²) in [6, 6.07) is 11.8. The molecule has 0 unspecified atom stereocenters. The molecule has 27 heavy (non-hydrogen) atoms. The van der Waals surface area contributed by atoms with Crippen LogP contribution in [0.1, 0.15) is 28.8 Å². The molecule has 1 aliphatic rings. The fourth-order valence-corrected chi connectivity index (χ4v) is 3.98. The van der Waals surface area contributed by atoms with Crippen molar-refractivity contribution in [3.63, 3.8) is 0 Å². The zero-order valence-electron chi connectivity index (χ0n) is 14.8. The number of nitrogens with one attached hydrogen (secondary N) is 1. The SMILES string of the molecule is NC(=O)C1CCN(Cc2cccc(NC(=O)c3ccc(F)cc3I)c2)CC1. The molecule has 2 aromatic rings. The summed E-state index contributed by atoms with van der Waals surface area (Å²) >= 11 is 1.95. The Balaban J connectivity index is 1.62. The fraction of sp³-hybridized carbons (Fsp3) is 0.300. The minimum atomic E-state index is -0.363. The Hall–Kier alpha value is -2.00. The van der Waals surface area contributed by atoms with E-state index in [2.05, 4.69) is 10.2 Å². The molecule has 3 N–H and O–H groups in total. The number of carbonyl (C=O) groups excluding carboxylic acids is 2. The molecule has 0 bridgehead atoms. The molecule has 7 heteroatoms. The van der Waals surface area contributed by atoms with Gasteiger partial charge in [-0.1, -0.05) is 12.1 Å². The second-order valence-electron chi connectivity index (χ2n) is 6.73. The van der Waals surface area contributed by atoms with Crippen LogP contribution in [0, 0.1) is 15.3 Å². The normalized spacial score (nSPS) is 15.5. The first-order valence-corrected chi connectivity index (χ1v) is 9.87. The van der Waals surface area contributed by atoms with Gasteiger partial charge in [-0.2, -0.15) is 0 Å². The topological polar surface area (TPSA) is 75.4 Å². The average Bonchev–Trinajstić information content (AvgIpc) is 2.62. The van der Waals surface area contributed by atoms with E-state index >= 15 is 0 Å². The van der Waals surface area contributed by atoms with Crippen molar-refractivity contribution in [2.75, 3.05) is 18.4 Å². The van der Waals surface area contributed by atoms with Gasteiger partial charge in [-0.25, -0.2) is 4.39 Å². The first kappa shape index (κ1) is 19.8. The molecule has 1 heterocycles. The van der Waals surface area contributed by atoms with Crippen LogP contribution in [-0.4, -0.2) is 29.8 Å². The van der Waals surface area contributed by atoms with Gasteiger partial charge in [0, 0.05) is 21.7 Å². The Labute approximate surface area is 171 Å². The third-order valence-electron chi connectivity index (χ3n) is 4.76. The highest BCUT2D eigenvalue weighted by Crippen LogP contribution is 2.21. The van der Waals surface area contributed by atoms with Gasteiger partial charge in [-0.3, -0.25) is 14.5 Å². The molecule has 0 aliphatic carbocycles. The van der Waals surface area contributed by atoms with E-state index in [9.17, 15) is 14.0 Å². The minimum absolute atomic E-state index is 0.0231. The van der Waals surface area contributed by atoms with E-state index in [0.717, 1.165) is 38.0 Å². The van der Waals surface area contributed by atoms with Gasteiger partial charge in [0.25, 0.3) is 5.91 Å². The lowest BCUT2D eigenvalue weighted by Gasteiger charge is -2.30. The summed E-state index contributed by atoms with van der Waals surface area (Å²) in [6.07, 6.45) is 1.57. The van der Waals surface area contributed by atoms with E-state index in [1.165, 1.54) is 18.2 Å². The summed E-state index contributed by atoms with van der Waals surface area (Å²) in [5.74, 6) is -0.864. The van der Waals surface area contributed by atoms with Crippen LogP contribution in [0.15, 0.2) is 42.5 Å². The standard InChI is InChI=1S/C20H21FIN3O2/c21-15-4-5-17(18(22)11-15)20(27)24-16-3-1-2-13(10-16)12-25-8-6-14(7-9-25)19(23)26/h1-5,10-11,14H,6-9,12H2,(H2,23,26)(H,24,27). The predicted octanol–water partition coefficient (Wildman–Crippen LogP) is 3.38. The van der Waals surface area contributed by atoms with Crippen molar-refractivity contribution in [3.05, 3.63) is 63.0 Å². The van der Waals surface area contributed by atoms with E-state index < -0.39 is 0 Å². The van der Waals surface area contributed by atoms with Crippen LogP contribution in [0.5, 0.6) is 0 Å². The van der Waals surface area contributed by atoms with Crippen molar-refractivity contribution in [2.24, 2.45) is 11.7 Å². The molecule has 0 spiro atoms. The summed E-state index contributed by atoms with van der Waals surface area (Å²) in [7, 11) is 0. The summed E-state index contributed by atoms with van der Waals surface area (Å²) in [6.45, 7) is 2.42. The van der Waals surface area contributed by atoms with E-state index in [0.29, 0.717) is 14.8 Å². The van der Waals surface area contributed by atoms with Crippen molar-refractivity contribution < 1.29 is 14.0 Å². The quantitative estimate of drug-likeness (QED) is 0.644. The summed E-state index contributed by atoms with van der Waals surface area (Å²) in [5.41, 5.74) is 7.60. The number of nitrogens with two attached hydrogens (primary N) is 1. The molecule has 5 nitrogen and oxygen atoms in total. The number of benzene rings is 2. The Morgan fingerprint density at radius 2 is 1.93 bits per heavy atom. The first-order chi connectivity index (χ1) is 12.9. The highest BCUT2D eigenvalue weighted by Gasteiger charge is 2.23. The average molecular weight is 481 g/mol. The fourth-order valence-electron chi connectivity index (χ4n) is 3.25. The number of halogens is 2. The van der Waals surface area contributed by atoms with Crippen LogP contribution in [0.4, 0.5) is 10.1 Å². The van der Waals surface area contributed by atoms with Gasteiger partial charge in [0.2, 0.25) is 5.91 Å². The largest absolute Gasteiger partial charge is 0.369 e. The molecule has 1 saturated heterocycles.